The Kier molecular flexibility index (Phi) is 4.77. The molecular weight excluding hydrogens is 403 g/mol. The lowest BCUT2D eigenvalue weighted by atomic mass is 10.2. The highest BCUT2D eigenvalue weighted by molar-refractivity contribution is 7.98. The molecule has 0 saturated carbocycles. The number of thioether (sulfide) groups is 1. The summed E-state index contributed by atoms with van der Waals surface area (Å²) >= 11 is 3.25. The van der Waals surface area contributed by atoms with Crippen LogP contribution in [0.15, 0.2) is 65.8 Å². The van der Waals surface area contributed by atoms with E-state index in [1.54, 1.807) is 35.2 Å². The summed E-state index contributed by atoms with van der Waals surface area (Å²) in [4.78, 5) is 6.86. The average Bonchev–Trinajstić information content (AvgIpc) is 3.34. The van der Waals surface area contributed by atoms with Gasteiger partial charge in [0.25, 0.3) is 0 Å². The maximum atomic E-state index is 13.1. The van der Waals surface area contributed by atoms with Crippen LogP contribution in [0.3, 0.4) is 0 Å². The van der Waals surface area contributed by atoms with Gasteiger partial charge < -0.3 is 4.57 Å². The molecule has 0 N–H and O–H groups in total. The lowest BCUT2D eigenvalue weighted by Crippen LogP contribution is -1.99. The summed E-state index contributed by atoms with van der Waals surface area (Å²) < 4.78 is 15.2. The largest absolute Gasteiger partial charge is 0.302 e. The summed E-state index contributed by atoms with van der Waals surface area (Å²) in [5.41, 5.74) is 2.06. The number of para-hydroxylation sites is 1. The molecule has 7 heteroatoms. The topological polar surface area (TPSA) is 43.6 Å². The van der Waals surface area contributed by atoms with Crippen molar-refractivity contribution in [2.45, 2.75) is 24.4 Å². The molecule has 3 heterocycles. The second kappa shape index (κ2) is 7.57. The Balaban J connectivity index is 1.47. The van der Waals surface area contributed by atoms with Crippen molar-refractivity contribution in [1.29, 1.82) is 0 Å². The predicted octanol–water partition coefficient (Wildman–Crippen LogP) is 6.16. The van der Waals surface area contributed by atoms with E-state index >= 15 is 0 Å². The van der Waals surface area contributed by atoms with Gasteiger partial charge in [-0.05, 0) is 42.8 Å². The van der Waals surface area contributed by atoms with Crippen molar-refractivity contribution in [3.63, 3.8) is 0 Å². The molecule has 0 aliphatic rings. The molecule has 0 fully saturated rings. The highest BCUT2D eigenvalue weighted by atomic mass is 32.2. The van der Waals surface area contributed by atoms with Crippen molar-refractivity contribution in [1.82, 2.24) is 19.7 Å². The van der Waals surface area contributed by atoms with E-state index in [9.17, 15) is 4.39 Å². The molecule has 0 bridgehead atoms. The molecule has 4 nitrogen and oxygen atoms in total. The molecule has 2 aromatic carbocycles. The van der Waals surface area contributed by atoms with Crippen molar-refractivity contribution >= 4 is 44.2 Å². The number of hydrogen-bond donors (Lipinski definition) is 0. The third-order valence-electron chi connectivity index (χ3n) is 4.74. The van der Waals surface area contributed by atoms with E-state index in [1.807, 2.05) is 18.2 Å². The van der Waals surface area contributed by atoms with Gasteiger partial charge in [0.05, 0.1) is 10.4 Å². The van der Waals surface area contributed by atoms with Gasteiger partial charge in [0.15, 0.2) is 11.0 Å². The van der Waals surface area contributed by atoms with E-state index < -0.39 is 0 Å². The first-order valence-corrected chi connectivity index (χ1v) is 11.1. The molecule has 0 amide bonds. The Morgan fingerprint density at radius 2 is 1.83 bits per heavy atom. The number of thiophene rings is 1. The fraction of sp³-hybridized carbons (Fsp3) is 0.136. The molecule has 0 aliphatic heterocycles. The second-order valence-corrected chi connectivity index (χ2v) is 8.62. The van der Waals surface area contributed by atoms with E-state index in [1.165, 1.54) is 12.1 Å². The zero-order chi connectivity index (χ0) is 19.8. The number of fused-ring (bicyclic) bond motifs is 2. The third kappa shape index (κ3) is 3.52. The van der Waals surface area contributed by atoms with Crippen molar-refractivity contribution in [3.8, 4) is 10.7 Å². The number of hydrogen-bond acceptors (Lipinski definition) is 5. The molecule has 0 spiro atoms. The van der Waals surface area contributed by atoms with E-state index in [0.29, 0.717) is 0 Å². The fourth-order valence-electron chi connectivity index (χ4n) is 3.28. The molecule has 0 unspecified atom stereocenters. The first-order valence-electron chi connectivity index (χ1n) is 9.31. The number of aromatic nitrogens is 4. The number of benzene rings is 2. The van der Waals surface area contributed by atoms with Crippen LogP contribution in [0.1, 0.15) is 12.5 Å². The molecule has 0 atom stereocenters. The Hall–Kier alpha value is -2.77. The van der Waals surface area contributed by atoms with E-state index in [4.69, 9.17) is 4.98 Å². The van der Waals surface area contributed by atoms with Crippen LogP contribution in [0, 0.1) is 5.82 Å². The zero-order valence-corrected chi connectivity index (χ0v) is 17.3. The van der Waals surface area contributed by atoms with Gasteiger partial charge in [-0.2, -0.15) is 0 Å². The molecule has 5 aromatic rings. The third-order valence-corrected chi connectivity index (χ3v) is 6.82. The van der Waals surface area contributed by atoms with E-state index in [-0.39, 0.29) is 5.82 Å². The van der Waals surface area contributed by atoms with Crippen LogP contribution < -0.4 is 0 Å². The van der Waals surface area contributed by atoms with Crippen LogP contribution in [0.4, 0.5) is 4.39 Å². The monoisotopic (exact) mass is 420 g/mol. The van der Waals surface area contributed by atoms with Crippen LogP contribution in [0.2, 0.25) is 0 Å². The van der Waals surface area contributed by atoms with Gasteiger partial charge in [0, 0.05) is 23.1 Å². The van der Waals surface area contributed by atoms with Crippen molar-refractivity contribution in [2.24, 2.45) is 0 Å². The molecular formula is C22H17FN4S2. The van der Waals surface area contributed by atoms with Gasteiger partial charge in [-0.1, -0.05) is 42.1 Å². The van der Waals surface area contributed by atoms with Gasteiger partial charge in [-0.3, -0.25) is 0 Å². The van der Waals surface area contributed by atoms with Crippen molar-refractivity contribution in [3.05, 3.63) is 72.0 Å². The van der Waals surface area contributed by atoms with Crippen LogP contribution in [0.25, 0.3) is 31.8 Å². The van der Waals surface area contributed by atoms with Gasteiger partial charge in [-0.25, -0.2) is 9.37 Å². The fourth-order valence-corrected chi connectivity index (χ4v) is 5.25. The quantitative estimate of drug-likeness (QED) is 0.319. The van der Waals surface area contributed by atoms with E-state index in [2.05, 4.69) is 39.9 Å². The van der Waals surface area contributed by atoms with Gasteiger partial charge in [0.1, 0.15) is 10.6 Å². The van der Waals surface area contributed by atoms with E-state index in [0.717, 1.165) is 54.8 Å². The SMILES string of the molecule is CCn1c(SCc2ccc(F)cc2)nnc1-c1cc2cc3ccccc3nc2s1. The summed E-state index contributed by atoms with van der Waals surface area (Å²) in [5.74, 6) is 1.36. The molecule has 144 valence electrons. The number of halogens is 1. The molecule has 0 aliphatic carbocycles. The lowest BCUT2D eigenvalue weighted by molar-refractivity contribution is 0.627. The average molecular weight is 421 g/mol. The lowest BCUT2D eigenvalue weighted by Gasteiger charge is -2.06. The number of rotatable bonds is 5. The van der Waals surface area contributed by atoms with Crippen LogP contribution in [-0.2, 0) is 12.3 Å². The maximum Gasteiger partial charge on any atom is 0.191 e. The standard InChI is InChI=1S/C22H17FN4S2/c1-2-27-20(25-26-22(27)28-13-14-7-9-17(23)10-8-14)19-12-16-11-15-5-3-4-6-18(15)24-21(16)29-19/h3-12H,2,13H2,1H3. The first-order chi connectivity index (χ1) is 14.2. The summed E-state index contributed by atoms with van der Waals surface area (Å²) in [6.07, 6.45) is 0. The predicted molar refractivity (Wildman–Crippen MR) is 118 cm³/mol. The molecule has 5 rings (SSSR count). The smallest absolute Gasteiger partial charge is 0.191 e. The van der Waals surface area contributed by atoms with Gasteiger partial charge >= 0.3 is 0 Å². The summed E-state index contributed by atoms with van der Waals surface area (Å²) in [6.45, 7) is 2.87. The molecule has 0 saturated heterocycles. The van der Waals surface area contributed by atoms with Gasteiger partial charge in [-0.15, -0.1) is 21.5 Å². The highest BCUT2D eigenvalue weighted by Gasteiger charge is 2.16. The minimum absolute atomic E-state index is 0.219. The minimum atomic E-state index is -0.219. The Morgan fingerprint density at radius 3 is 2.66 bits per heavy atom. The zero-order valence-electron chi connectivity index (χ0n) is 15.7. The molecule has 29 heavy (non-hydrogen) atoms. The highest BCUT2D eigenvalue weighted by Crippen LogP contribution is 2.35. The van der Waals surface area contributed by atoms with Crippen LogP contribution >= 0.6 is 23.1 Å². The van der Waals surface area contributed by atoms with Crippen LogP contribution in [-0.4, -0.2) is 19.7 Å². The summed E-state index contributed by atoms with van der Waals surface area (Å²) in [6, 6.07) is 19.1. The van der Waals surface area contributed by atoms with Crippen molar-refractivity contribution < 1.29 is 4.39 Å². The number of pyridine rings is 1. The molecule has 0 radical (unpaired) electrons. The first kappa shape index (κ1) is 18.3. The Bertz CT molecular complexity index is 1260. The summed E-state index contributed by atoms with van der Waals surface area (Å²) in [5, 5.41) is 12.0. The second-order valence-electron chi connectivity index (χ2n) is 6.65. The normalized spacial score (nSPS) is 11.5. The Morgan fingerprint density at radius 1 is 1.00 bits per heavy atom. The van der Waals surface area contributed by atoms with Gasteiger partial charge in [0.2, 0.25) is 0 Å². The summed E-state index contributed by atoms with van der Waals surface area (Å²) in [7, 11) is 0. The van der Waals surface area contributed by atoms with Crippen molar-refractivity contribution in [2.75, 3.05) is 0 Å². The molecule has 3 aromatic heterocycles. The maximum absolute atomic E-state index is 13.1. The minimum Gasteiger partial charge on any atom is -0.302 e. The Labute approximate surface area is 175 Å². The number of nitrogens with zero attached hydrogens (tertiary/aromatic N) is 4. The van der Waals surface area contributed by atoms with Crippen LogP contribution in [0.5, 0.6) is 0 Å².